The zero-order valence-corrected chi connectivity index (χ0v) is 12.3. The van der Waals surface area contributed by atoms with E-state index in [9.17, 15) is 4.79 Å². The molecule has 3 N–H and O–H groups in total. The molecule has 102 valence electrons. The van der Waals surface area contributed by atoms with Crippen LogP contribution in [0.3, 0.4) is 0 Å². The Balaban J connectivity index is 2.29. The van der Waals surface area contributed by atoms with E-state index in [1.165, 1.54) is 11.8 Å². The molecule has 0 bridgehead atoms. The third kappa shape index (κ3) is 3.02. The van der Waals surface area contributed by atoms with Crippen LogP contribution in [0.5, 0.6) is 0 Å². The van der Waals surface area contributed by atoms with Crippen molar-refractivity contribution in [1.29, 1.82) is 0 Å². The number of rotatable bonds is 4. The molecule has 2 rings (SSSR count). The Labute approximate surface area is 120 Å². The Kier molecular flexibility index (Phi) is 4.34. The number of nitrogens with zero attached hydrogens (tertiary/aromatic N) is 2. The fourth-order valence-corrected chi connectivity index (χ4v) is 3.06. The topological polar surface area (TPSA) is 76.7 Å². The van der Waals surface area contributed by atoms with E-state index in [2.05, 4.69) is 10.2 Å². The third-order valence-corrected chi connectivity index (χ3v) is 4.02. The lowest BCUT2D eigenvalue weighted by Gasteiger charge is -2.09. The van der Waals surface area contributed by atoms with Crippen LogP contribution in [0.4, 0.5) is 0 Å². The predicted molar refractivity (Wildman–Crippen MR) is 76.7 cm³/mol. The van der Waals surface area contributed by atoms with Crippen molar-refractivity contribution in [3.8, 4) is 0 Å². The molecular formula is C12H15ClN4OS. The molecule has 19 heavy (non-hydrogen) atoms. The standard InChI is InChI=1S/C12H15ClN4OS/c1-3-17-11(18)15-16-12(17)19-8-4-5-9(7(2)14)10(13)6-8/h4-7H,3,14H2,1-2H3,(H,15,18). The normalized spacial score (nSPS) is 12.6. The van der Waals surface area contributed by atoms with E-state index in [1.807, 2.05) is 32.0 Å². The minimum atomic E-state index is -0.205. The van der Waals surface area contributed by atoms with E-state index in [4.69, 9.17) is 17.3 Å². The lowest BCUT2D eigenvalue weighted by molar-refractivity contribution is 0.660. The highest BCUT2D eigenvalue weighted by Crippen LogP contribution is 2.30. The maximum absolute atomic E-state index is 11.5. The van der Waals surface area contributed by atoms with Crippen molar-refractivity contribution in [3.63, 3.8) is 0 Å². The van der Waals surface area contributed by atoms with Crippen molar-refractivity contribution in [2.24, 2.45) is 5.73 Å². The molecule has 1 aromatic carbocycles. The van der Waals surface area contributed by atoms with Gasteiger partial charge in [-0.1, -0.05) is 17.7 Å². The summed E-state index contributed by atoms with van der Waals surface area (Å²) < 4.78 is 1.57. The molecule has 0 aliphatic heterocycles. The van der Waals surface area contributed by atoms with Gasteiger partial charge < -0.3 is 5.73 Å². The number of hydrogen-bond acceptors (Lipinski definition) is 4. The molecular weight excluding hydrogens is 284 g/mol. The smallest absolute Gasteiger partial charge is 0.324 e. The third-order valence-electron chi connectivity index (χ3n) is 2.71. The zero-order valence-electron chi connectivity index (χ0n) is 10.7. The van der Waals surface area contributed by atoms with Crippen molar-refractivity contribution in [2.45, 2.75) is 36.5 Å². The molecule has 0 aliphatic carbocycles. The van der Waals surface area contributed by atoms with Crippen molar-refractivity contribution in [1.82, 2.24) is 14.8 Å². The average Bonchev–Trinajstić information content (AvgIpc) is 2.69. The summed E-state index contributed by atoms with van der Waals surface area (Å²) in [5.74, 6) is 0. The number of nitrogens with two attached hydrogens (primary N) is 1. The monoisotopic (exact) mass is 298 g/mol. The number of halogens is 1. The van der Waals surface area contributed by atoms with Crippen LogP contribution in [0.2, 0.25) is 5.02 Å². The van der Waals surface area contributed by atoms with Gasteiger partial charge in [-0.3, -0.25) is 4.57 Å². The number of nitrogens with one attached hydrogen (secondary N) is 1. The summed E-state index contributed by atoms with van der Waals surface area (Å²) >= 11 is 7.57. The van der Waals surface area contributed by atoms with Gasteiger partial charge in [-0.25, -0.2) is 9.89 Å². The first-order valence-corrected chi connectivity index (χ1v) is 7.10. The second-order valence-electron chi connectivity index (χ2n) is 4.13. The minimum absolute atomic E-state index is 0.106. The lowest BCUT2D eigenvalue weighted by atomic mass is 10.1. The fraction of sp³-hybridized carbons (Fsp3) is 0.333. The molecule has 1 unspecified atom stereocenters. The molecule has 1 atom stereocenters. The van der Waals surface area contributed by atoms with E-state index >= 15 is 0 Å². The van der Waals surface area contributed by atoms with Crippen LogP contribution >= 0.6 is 23.4 Å². The summed E-state index contributed by atoms with van der Waals surface area (Å²) in [5.41, 5.74) is 6.51. The maximum atomic E-state index is 11.5. The lowest BCUT2D eigenvalue weighted by Crippen LogP contribution is -2.15. The Hall–Kier alpha value is -1.24. The van der Waals surface area contributed by atoms with Gasteiger partial charge in [0, 0.05) is 22.5 Å². The Morgan fingerprint density at radius 3 is 2.89 bits per heavy atom. The molecule has 5 nitrogen and oxygen atoms in total. The Morgan fingerprint density at radius 2 is 2.32 bits per heavy atom. The van der Waals surface area contributed by atoms with Gasteiger partial charge in [0.2, 0.25) is 0 Å². The van der Waals surface area contributed by atoms with Crippen LogP contribution in [0.25, 0.3) is 0 Å². The van der Waals surface area contributed by atoms with Crippen molar-refractivity contribution in [2.75, 3.05) is 0 Å². The quantitative estimate of drug-likeness (QED) is 0.909. The molecule has 0 radical (unpaired) electrons. The fourth-order valence-electron chi connectivity index (χ4n) is 1.71. The molecule has 0 saturated carbocycles. The Morgan fingerprint density at radius 1 is 1.58 bits per heavy atom. The minimum Gasteiger partial charge on any atom is -0.324 e. The molecule has 0 fully saturated rings. The highest BCUT2D eigenvalue weighted by Gasteiger charge is 2.11. The van der Waals surface area contributed by atoms with E-state index in [-0.39, 0.29) is 11.7 Å². The first kappa shape index (κ1) is 14.2. The molecule has 1 heterocycles. The first-order valence-electron chi connectivity index (χ1n) is 5.91. The van der Waals surface area contributed by atoms with Gasteiger partial charge in [0.05, 0.1) is 0 Å². The number of hydrogen-bond donors (Lipinski definition) is 2. The second-order valence-corrected chi connectivity index (χ2v) is 5.58. The van der Waals surface area contributed by atoms with Crippen molar-refractivity contribution < 1.29 is 0 Å². The van der Waals surface area contributed by atoms with Gasteiger partial charge in [0.15, 0.2) is 5.16 Å². The SMILES string of the molecule is CCn1c(Sc2ccc(C(C)N)c(Cl)c2)n[nH]c1=O. The molecule has 0 spiro atoms. The van der Waals surface area contributed by atoms with Gasteiger partial charge in [-0.2, -0.15) is 0 Å². The van der Waals surface area contributed by atoms with Crippen molar-refractivity contribution >= 4 is 23.4 Å². The highest BCUT2D eigenvalue weighted by atomic mass is 35.5. The van der Waals surface area contributed by atoms with E-state index in [0.29, 0.717) is 16.7 Å². The summed E-state index contributed by atoms with van der Waals surface area (Å²) in [6.45, 7) is 4.35. The van der Waals surface area contributed by atoms with E-state index in [0.717, 1.165) is 10.5 Å². The molecule has 7 heteroatoms. The van der Waals surface area contributed by atoms with Gasteiger partial charge in [-0.15, -0.1) is 5.10 Å². The number of aromatic amines is 1. The molecule has 0 aliphatic rings. The highest BCUT2D eigenvalue weighted by molar-refractivity contribution is 7.99. The van der Waals surface area contributed by atoms with Crippen molar-refractivity contribution in [3.05, 3.63) is 39.3 Å². The Bertz CT molecular complexity index is 635. The summed E-state index contributed by atoms with van der Waals surface area (Å²) in [6.07, 6.45) is 0. The zero-order chi connectivity index (χ0) is 14.0. The maximum Gasteiger partial charge on any atom is 0.343 e. The second kappa shape index (κ2) is 5.81. The average molecular weight is 299 g/mol. The number of aromatic nitrogens is 3. The summed E-state index contributed by atoms with van der Waals surface area (Å²) in [7, 11) is 0. The van der Waals surface area contributed by atoms with E-state index < -0.39 is 0 Å². The van der Waals surface area contributed by atoms with Gasteiger partial charge >= 0.3 is 5.69 Å². The molecule has 0 amide bonds. The van der Waals surface area contributed by atoms with Crippen LogP contribution in [0.15, 0.2) is 33.0 Å². The van der Waals surface area contributed by atoms with Crippen LogP contribution in [0.1, 0.15) is 25.5 Å². The number of H-pyrrole nitrogens is 1. The molecule has 2 aromatic rings. The van der Waals surface area contributed by atoms with Crippen LogP contribution in [-0.2, 0) is 6.54 Å². The molecule has 0 saturated heterocycles. The molecule has 1 aromatic heterocycles. The number of benzene rings is 1. The summed E-state index contributed by atoms with van der Waals surface area (Å²) in [6, 6.07) is 5.56. The largest absolute Gasteiger partial charge is 0.343 e. The van der Waals surface area contributed by atoms with Crippen LogP contribution < -0.4 is 11.4 Å². The predicted octanol–water partition coefficient (Wildman–Crippen LogP) is 2.42. The van der Waals surface area contributed by atoms with Crippen LogP contribution in [0, 0.1) is 0 Å². The van der Waals surface area contributed by atoms with Gasteiger partial charge in [-0.05, 0) is 43.3 Å². The van der Waals surface area contributed by atoms with E-state index in [1.54, 1.807) is 4.57 Å². The van der Waals surface area contributed by atoms with Gasteiger partial charge in [0.25, 0.3) is 0 Å². The van der Waals surface area contributed by atoms with Gasteiger partial charge in [0.1, 0.15) is 0 Å². The summed E-state index contributed by atoms with van der Waals surface area (Å²) in [5, 5.41) is 7.67. The van der Waals surface area contributed by atoms with Crippen LogP contribution in [-0.4, -0.2) is 14.8 Å². The summed E-state index contributed by atoms with van der Waals surface area (Å²) in [4.78, 5) is 12.4. The first-order chi connectivity index (χ1) is 9.02.